The van der Waals surface area contributed by atoms with Gasteiger partial charge in [-0.1, -0.05) is 37.1 Å². The highest BCUT2D eigenvalue weighted by atomic mass is 35.5. The van der Waals surface area contributed by atoms with E-state index in [1.165, 1.54) is 13.2 Å². The van der Waals surface area contributed by atoms with Crippen LogP contribution >= 0.6 is 11.6 Å². The van der Waals surface area contributed by atoms with Crippen molar-refractivity contribution in [3.8, 4) is 0 Å². The summed E-state index contributed by atoms with van der Waals surface area (Å²) in [6, 6.07) is 7.10. The van der Waals surface area contributed by atoms with Crippen LogP contribution in [0.5, 0.6) is 0 Å². The molecule has 1 amide bonds. The first-order valence-electron chi connectivity index (χ1n) is 6.75. The SMILES string of the molecule is CCCC(C)(NC(=O)/C=C/c1ccc(Cl)cc1)C(=O)OC. The van der Waals surface area contributed by atoms with E-state index in [0.29, 0.717) is 11.4 Å². The number of ether oxygens (including phenoxy) is 1. The van der Waals surface area contributed by atoms with Crippen LogP contribution < -0.4 is 5.32 Å². The maximum Gasteiger partial charge on any atom is 0.331 e. The molecule has 0 fully saturated rings. The standard InChI is InChI=1S/C16H20ClNO3/c1-4-11-16(2,15(20)21-3)18-14(19)10-7-12-5-8-13(17)9-6-12/h5-10H,4,11H2,1-3H3,(H,18,19)/b10-7+. The van der Waals surface area contributed by atoms with E-state index in [9.17, 15) is 9.59 Å². The Balaban J connectivity index is 2.74. The molecule has 1 rings (SSSR count). The second-order valence-electron chi connectivity index (χ2n) is 4.95. The molecule has 1 unspecified atom stereocenters. The minimum atomic E-state index is -1.01. The number of halogens is 1. The van der Waals surface area contributed by atoms with Crippen LogP contribution in [0.1, 0.15) is 32.3 Å². The number of methoxy groups -OCH3 is 1. The molecule has 0 saturated heterocycles. The molecule has 4 nitrogen and oxygen atoms in total. The number of carbonyl (C=O) groups excluding carboxylic acids is 2. The zero-order valence-electron chi connectivity index (χ0n) is 12.5. The molecule has 0 spiro atoms. The fraction of sp³-hybridized carbons (Fsp3) is 0.375. The van der Waals surface area contributed by atoms with E-state index in [1.807, 2.05) is 6.92 Å². The second kappa shape index (κ2) is 7.84. The molecule has 0 radical (unpaired) electrons. The molecule has 0 bridgehead atoms. The molecular formula is C16H20ClNO3. The van der Waals surface area contributed by atoms with Gasteiger partial charge in [0.05, 0.1) is 7.11 Å². The fourth-order valence-corrected chi connectivity index (χ4v) is 2.13. The van der Waals surface area contributed by atoms with Gasteiger partial charge in [0.25, 0.3) is 0 Å². The summed E-state index contributed by atoms with van der Waals surface area (Å²) in [5.41, 5.74) is -0.157. The molecule has 0 aliphatic carbocycles. The van der Waals surface area contributed by atoms with E-state index in [4.69, 9.17) is 16.3 Å². The van der Waals surface area contributed by atoms with Gasteiger partial charge in [0.1, 0.15) is 5.54 Å². The van der Waals surface area contributed by atoms with Crippen molar-refractivity contribution in [2.24, 2.45) is 0 Å². The van der Waals surface area contributed by atoms with Crippen molar-refractivity contribution >= 4 is 29.6 Å². The van der Waals surface area contributed by atoms with Crippen molar-refractivity contribution in [1.82, 2.24) is 5.32 Å². The number of nitrogens with one attached hydrogen (secondary N) is 1. The Labute approximate surface area is 130 Å². The molecular weight excluding hydrogens is 290 g/mol. The summed E-state index contributed by atoms with van der Waals surface area (Å²) in [4.78, 5) is 23.8. The van der Waals surface area contributed by atoms with Crippen LogP contribution in [0.15, 0.2) is 30.3 Å². The zero-order chi connectivity index (χ0) is 15.9. The number of esters is 1. The molecule has 0 saturated carbocycles. The van der Waals surface area contributed by atoms with Crippen molar-refractivity contribution in [3.63, 3.8) is 0 Å². The average Bonchev–Trinajstić information content (AvgIpc) is 2.46. The van der Waals surface area contributed by atoms with Crippen LogP contribution in [-0.4, -0.2) is 24.5 Å². The number of rotatable bonds is 6. The van der Waals surface area contributed by atoms with Crippen LogP contribution in [0.2, 0.25) is 5.02 Å². The molecule has 1 aromatic rings. The largest absolute Gasteiger partial charge is 0.467 e. The van der Waals surface area contributed by atoms with E-state index in [1.54, 1.807) is 37.3 Å². The maximum atomic E-state index is 12.0. The first kappa shape index (κ1) is 17.2. The highest BCUT2D eigenvalue weighted by Gasteiger charge is 2.34. The summed E-state index contributed by atoms with van der Waals surface area (Å²) in [6.45, 7) is 3.60. The Hall–Kier alpha value is -1.81. The smallest absolute Gasteiger partial charge is 0.331 e. The van der Waals surface area contributed by atoms with E-state index >= 15 is 0 Å². The molecule has 0 aliphatic rings. The molecule has 114 valence electrons. The molecule has 0 aliphatic heterocycles. The van der Waals surface area contributed by atoms with E-state index in [2.05, 4.69) is 5.32 Å². The Bertz CT molecular complexity index is 525. The topological polar surface area (TPSA) is 55.4 Å². The van der Waals surface area contributed by atoms with Gasteiger partial charge in [-0.3, -0.25) is 4.79 Å². The number of benzene rings is 1. The molecule has 1 atom stereocenters. The Morgan fingerprint density at radius 2 is 1.95 bits per heavy atom. The number of amides is 1. The molecule has 0 aromatic heterocycles. The van der Waals surface area contributed by atoms with Gasteiger partial charge in [-0.25, -0.2) is 4.79 Å². The number of hydrogen-bond acceptors (Lipinski definition) is 3. The normalized spacial score (nSPS) is 13.7. The van der Waals surface area contributed by atoms with Crippen LogP contribution in [0.25, 0.3) is 6.08 Å². The first-order chi connectivity index (χ1) is 9.91. The Morgan fingerprint density at radius 3 is 2.48 bits per heavy atom. The van der Waals surface area contributed by atoms with Gasteiger partial charge in [0.15, 0.2) is 0 Å². The lowest BCUT2D eigenvalue weighted by molar-refractivity contribution is -0.150. The van der Waals surface area contributed by atoms with E-state index < -0.39 is 11.5 Å². The monoisotopic (exact) mass is 309 g/mol. The van der Waals surface area contributed by atoms with E-state index in [-0.39, 0.29) is 5.91 Å². The summed E-state index contributed by atoms with van der Waals surface area (Å²) in [5.74, 6) is -0.788. The van der Waals surface area contributed by atoms with Crippen molar-refractivity contribution in [3.05, 3.63) is 40.9 Å². The van der Waals surface area contributed by atoms with Crippen LogP contribution in [0.3, 0.4) is 0 Å². The predicted octanol–water partition coefficient (Wildman–Crippen LogP) is 3.20. The predicted molar refractivity (Wildman–Crippen MR) is 84.0 cm³/mol. The third kappa shape index (κ3) is 5.23. The van der Waals surface area contributed by atoms with Crippen molar-refractivity contribution in [1.29, 1.82) is 0 Å². The summed E-state index contributed by atoms with van der Waals surface area (Å²) in [6.07, 6.45) is 4.32. The summed E-state index contributed by atoms with van der Waals surface area (Å²) in [5, 5.41) is 3.34. The van der Waals surface area contributed by atoms with Gasteiger partial charge in [-0.15, -0.1) is 0 Å². The van der Waals surface area contributed by atoms with Crippen LogP contribution in [0, 0.1) is 0 Å². The van der Waals surface area contributed by atoms with Crippen LogP contribution in [0.4, 0.5) is 0 Å². The van der Waals surface area contributed by atoms with Gasteiger partial charge >= 0.3 is 5.97 Å². The molecule has 1 aromatic carbocycles. The number of carbonyl (C=O) groups is 2. The third-order valence-corrected chi connectivity index (χ3v) is 3.33. The minimum absolute atomic E-state index is 0.341. The quantitative estimate of drug-likeness (QED) is 0.648. The summed E-state index contributed by atoms with van der Waals surface area (Å²) >= 11 is 5.79. The van der Waals surface area contributed by atoms with Gasteiger partial charge in [-0.2, -0.15) is 0 Å². The van der Waals surface area contributed by atoms with Gasteiger partial charge in [-0.05, 0) is 37.1 Å². The fourth-order valence-electron chi connectivity index (χ4n) is 2.00. The van der Waals surface area contributed by atoms with Gasteiger partial charge in [0, 0.05) is 11.1 Å². The minimum Gasteiger partial charge on any atom is -0.467 e. The van der Waals surface area contributed by atoms with Gasteiger partial charge < -0.3 is 10.1 Å². The highest BCUT2D eigenvalue weighted by molar-refractivity contribution is 6.30. The lowest BCUT2D eigenvalue weighted by Crippen LogP contribution is -2.52. The average molecular weight is 310 g/mol. The molecule has 0 heterocycles. The van der Waals surface area contributed by atoms with Crippen LogP contribution in [-0.2, 0) is 14.3 Å². The second-order valence-corrected chi connectivity index (χ2v) is 5.38. The van der Waals surface area contributed by atoms with Crippen molar-refractivity contribution < 1.29 is 14.3 Å². The summed E-state index contributed by atoms with van der Waals surface area (Å²) in [7, 11) is 1.31. The van der Waals surface area contributed by atoms with Crippen molar-refractivity contribution in [2.45, 2.75) is 32.2 Å². The highest BCUT2D eigenvalue weighted by Crippen LogP contribution is 2.15. The number of hydrogen-bond donors (Lipinski definition) is 1. The third-order valence-electron chi connectivity index (χ3n) is 3.08. The molecule has 21 heavy (non-hydrogen) atoms. The van der Waals surface area contributed by atoms with E-state index in [0.717, 1.165) is 12.0 Å². The first-order valence-corrected chi connectivity index (χ1v) is 7.13. The lowest BCUT2D eigenvalue weighted by atomic mass is 9.96. The zero-order valence-corrected chi connectivity index (χ0v) is 13.2. The van der Waals surface area contributed by atoms with Crippen molar-refractivity contribution in [2.75, 3.05) is 7.11 Å². The Morgan fingerprint density at radius 1 is 1.33 bits per heavy atom. The lowest BCUT2D eigenvalue weighted by Gasteiger charge is -2.26. The Kier molecular flexibility index (Phi) is 6.43. The van der Waals surface area contributed by atoms with Gasteiger partial charge in [0.2, 0.25) is 5.91 Å². The maximum absolute atomic E-state index is 12.0. The molecule has 5 heteroatoms. The molecule has 1 N–H and O–H groups in total. The summed E-state index contributed by atoms with van der Waals surface area (Å²) < 4.78 is 4.75.